The van der Waals surface area contributed by atoms with Gasteiger partial charge in [-0.1, -0.05) is 0 Å². The van der Waals surface area contributed by atoms with Gasteiger partial charge in [0.05, 0.1) is 38.9 Å². The monoisotopic (exact) mass is 545 g/mol. The van der Waals surface area contributed by atoms with Crippen molar-refractivity contribution in [2.75, 3.05) is 26.6 Å². The van der Waals surface area contributed by atoms with E-state index in [2.05, 4.69) is 25.5 Å². The van der Waals surface area contributed by atoms with Crippen LogP contribution in [0.1, 0.15) is 11.3 Å². The molecule has 3 aromatic heterocycles. The highest BCUT2D eigenvalue weighted by atomic mass is 19.1. The molecule has 0 atom stereocenters. The van der Waals surface area contributed by atoms with Crippen LogP contribution in [0.25, 0.3) is 28.7 Å². The molecule has 0 spiro atoms. The van der Waals surface area contributed by atoms with Crippen molar-refractivity contribution in [3.05, 3.63) is 82.2 Å². The molecule has 0 unspecified atom stereocenters. The molecule has 0 radical (unpaired) electrons. The number of nitrogens with zero attached hydrogens (tertiary/aromatic N) is 5. The summed E-state index contributed by atoms with van der Waals surface area (Å²) in [6.07, 6.45) is 4.29. The molecule has 1 amide bonds. The molecule has 204 valence electrons. The van der Waals surface area contributed by atoms with Crippen LogP contribution in [0.15, 0.2) is 59.5 Å². The standard InChI is InChI=1S/C27H24FN7O5/c1-15-11-22(30-23(36)10-5-16-12-20(38-2)24(40-4)21(13-16)39-3)35(33-15)27-31-25-19(26(37)32-27)14-29-34(25)18-8-6-17(28)7-9-18/h5-14H,1-4H3,(H,30,36)(H,31,32,37)/b10-5-. The van der Waals surface area contributed by atoms with Crippen LogP contribution >= 0.6 is 0 Å². The van der Waals surface area contributed by atoms with Crippen molar-refractivity contribution in [3.8, 4) is 28.9 Å². The number of benzene rings is 2. The molecule has 0 bridgehead atoms. The summed E-state index contributed by atoms with van der Waals surface area (Å²) >= 11 is 0. The van der Waals surface area contributed by atoms with Crippen LogP contribution in [0.4, 0.5) is 10.2 Å². The second-order valence-corrected chi connectivity index (χ2v) is 8.52. The fraction of sp³-hybridized carbons (Fsp3) is 0.148. The van der Waals surface area contributed by atoms with E-state index in [1.165, 1.54) is 67.2 Å². The van der Waals surface area contributed by atoms with Crippen LogP contribution in [0.5, 0.6) is 17.2 Å². The van der Waals surface area contributed by atoms with E-state index in [9.17, 15) is 14.0 Å². The Kier molecular flexibility index (Phi) is 7.01. The third-order valence-corrected chi connectivity index (χ3v) is 5.89. The Morgan fingerprint density at radius 3 is 2.38 bits per heavy atom. The number of H-pyrrole nitrogens is 1. The number of fused-ring (bicyclic) bond motifs is 1. The lowest BCUT2D eigenvalue weighted by Gasteiger charge is -2.12. The summed E-state index contributed by atoms with van der Waals surface area (Å²) in [4.78, 5) is 32.9. The summed E-state index contributed by atoms with van der Waals surface area (Å²) in [5.74, 6) is 0.783. The second kappa shape index (κ2) is 10.7. The first-order chi connectivity index (χ1) is 19.3. The van der Waals surface area contributed by atoms with Crippen LogP contribution in [0.3, 0.4) is 0 Å². The number of methoxy groups -OCH3 is 3. The van der Waals surface area contributed by atoms with Crippen LogP contribution in [-0.4, -0.2) is 56.8 Å². The number of aryl methyl sites for hydroxylation is 1. The first-order valence-electron chi connectivity index (χ1n) is 11.9. The van der Waals surface area contributed by atoms with Crippen molar-refractivity contribution in [1.82, 2.24) is 29.5 Å². The number of hydrogen-bond donors (Lipinski definition) is 2. The molecule has 13 heteroatoms. The number of anilines is 1. The number of ether oxygens (including phenoxy) is 3. The molecule has 40 heavy (non-hydrogen) atoms. The SMILES string of the molecule is COc1cc(/C=C\C(=O)Nc2cc(C)nn2-c2nc3c(cnn3-c3ccc(F)cc3)c(=O)[nH]2)cc(OC)c1OC. The number of halogens is 1. The number of aromatic nitrogens is 6. The minimum Gasteiger partial charge on any atom is -0.493 e. The highest BCUT2D eigenvalue weighted by molar-refractivity contribution is 6.01. The highest BCUT2D eigenvalue weighted by Crippen LogP contribution is 2.38. The van der Waals surface area contributed by atoms with Crippen LogP contribution in [0, 0.1) is 12.7 Å². The van der Waals surface area contributed by atoms with E-state index in [0.29, 0.717) is 34.2 Å². The largest absolute Gasteiger partial charge is 0.493 e. The molecule has 0 saturated carbocycles. The van der Waals surface area contributed by atoms with Crippen molar-refractivity contribution < 1.29 is 23.4 Å². The van der Waals surface area contributed by atoms with Crippen molar-refractivity contribution in [1.29, 1.82) is 0 Å². The Bertz CT molecular complexity index is 1780. The zero-order chi connectivity index (χ0) is 28.4. The number of hydrogen-bond acceptors (Lipinski definition) is 8. The average molecular weight is 546 g/mol. The third-order valence-electron chi connectivity index (χ3n) is 5.89. The quantitative estimate of drug-likeness (QED) is 0.283. The minimum absolute atomic E-state index is 0.0540. The van der Waals surface area contributed by atoms with Gasteiger partial charge in [-0.15, -0.1) is 0 Å². The number of carbonyl (C=O) groups excluding carboxylic acids is 1. The molecule has 5 aromatic rings. The molecule has 0 aliphatic carbocycles. The number of rotatable bonds is 8. The van der Waals surface area contributed by atoms with Gasteiger partial charge in [0, 0.05) is 12.1 Å². The van der Waals surface area contributed by atoms with E-state index in [1.807, 2.05) is 0 Å². The molecular weight excluding hydrogens is 521 g/mol. The summed E-state index contributed by atoms with van der Waals surface area (Å²) in [6.45, 7) is 1.73. The van der Waals surface area contributed by atoms with Gasteiger partial charge in [-0.2, -0.15) is 19.9 Å². The fourth-order valence-electron chi connectivity index (χ4n) is 4.07. The summed E-state index contributed by atoms with van der Waals surface area (Å²) in [5.41, 5.74) is 1.50. The van der Waals surface area contributed by atoms with Crippen molar-refractivity contribution in [3.63, 3.8) is 0 Å². The van der Waals surface area contributed by atoms with Gasteiger partial charge in [0.25, 0.3) is 5.56 Å². The van der Waals surface area contributed by atoms with Crippen molar-refractivity contribution >= 4 is 28.8 Å². The van der Waals surface area contributed by atoms with Gasteiger partial charge >= 0.3 is 0 Å². The molecular formula is C27H24FN7O5. The van der Waals surface area contributed by atoms with E-state index in [0.717, 1.165) is 0 Å². The second-order valence-electron chi connectivity index (χ2n) is 8.52. The summed E-state index contributed by atoms with van der Waals surface area (Å²) in [5, 5.41) is 11.6. The van der Waals surface area contributed by atoms with Crippen molar-refractivity contribution in [2.24, 2.45) is 0 Å². The summed E-state index contributed by atoms with van der Waals surface area (Å²) in [6, 6.07) is 10.6. The van der Waals surface area contributed by atoms with Crippen LogP contribution < -0.4 is 25.1 Å². The Balaban J connectivity index is 1.46. The van der Waals surface area contributed by atoms with Gasteiger partial charge in [0.1, 0.15) is 17.0 Å². The lowest BCUT2D eigenvalue weighted by molar-refractivity contribution is -0.111. The minimum atomic E-state index is -0.463. The van der Waals surface area contributed by atoms with E-state index in [-0.39, 0.29) is 22.8 Å². The zero-order valence-corrected chi connectivity index (χ0v) is 21.9. The van der Waals surface area contributed by atoms with Crippen molar-refractivity contribution in [2.45, 2.75) is 6.92 Å². The number of nitrogens with one attached hydrogen (secondary N) is 2. The molecule has 0 aliphatic heterocycles. The molecule has 0 fully saturated rings. The van der Waals surface area contributed by atoms with E-state index >= 15 is 0 Å². The summed E-state index contributed by atoms with van der Waals surface area (Å²) < 4.78 is 32.2. The van der Waals surface area contributed by atoms with Crippen LogP contribution in [0.2, 0.25) is 0 Å². The van der Waals surface area contributed by atoms with Gasteiger partial charge < -0.3 is 19.5 Å². The molecule has 5 rings (SSSR count). The first kappa shape index (κ1) is 26.2. The predicted octanol–water partition coefficient (Wildman–Crippen LogP) is 3.42. The lowest BCUT2D eigenvalue weighted by Crippen LogP contribution is -2.18. The normalized spacial score (nSPS) is 11.2. The first-order valence-corrected chi connectivity index (χ1v) is 11.9. The number of aromatic amines is 1. The highest BCUT2D eigenvalue weighted by Gasteiger charge is 2.17. The van der Waals surface area contributed by atoms with Gasteiger partial charge in [0.2, 0.25) is 17.6 Å². The maximum Gasteiger partial charge on any atom is 0.263 e. The topological polar surface area (TPSA) is 138 Å². The smallest absolute Gasteiger partial charge is 0.263 e. The van der Waals surface area contributed by atoms with Gasteiger partial charge in [-0.3, -0.25) is 14.6 Å². The van der Waals surface area contributed by atoms with E-state index < -0.39 is 17.3 Å². The van der Waals surface area contributed by atoms with Gasteiger partial charge in [-0.25, -0.2) is 9.07 Å². The molecule has 2 N–H and O–H groups in total. The van der Waals surface area contributed by atoms with E-state index in [1.54, 1.807) is 31.2 Å². The van der Waals surface area contributed by atoms with Gasteiger partial charge in [0.15, 0.2) is 17.1 Å². The molecule has 12 nitrogen and oxygen atoms in total. The Labute approximate surface area is 226 Å². The maximum atomic E-state index is 13.4. The van der Waals surface area contributed by atoms with Crippen LogP contribution in [-0.2, 0) is 4.79 Å². The Morgan fingerprint density at radius 2 is 1.73 bits per heavy atom. The lowest BCUT2D eigenvalue weighted by atomic mass is 10.1. The maximum absolute atomic E-state index is 13.4. The molecule has 0 aliphatic rings. The van der Waals surface area contributed by atoms with Gasteiger partial charge in [-0.05, 0) is 55.0 Å². The number of amides is 1. The average Bonchev–Trinajstić information content (AvgIpc) is 3.55. The fourth-order valence-corrected chi connectivity index (χ4v) is 4.07. The molecule has 0 saturated heterocycles. The predicted molar refractivity (Wildman–Crippen MR) is 145 cm³/mol. The Hall–Kier alpha value is -5.46. The summed E-state index contributed by atoms with van der Waals surface area (Å²) in [7, 11) is 4.51. The number of carbonyl (C=O) groups is 1. The zero-order valence-electron chi connectivity index (χ0n) is 21.9. The Morgan fingerprint density at radius 1 is 1.02 bits per heavy atom. The molecule has 3 heterocycles. The van der Waals surface area contributed by atoms with E-state index in [4.69, 9.17) is 14.2 Å². The molecule has 2 aromatic carbocycles. The third kappa shape index (κ3) is 4.99.